The number of benzene rings is 2. The number of carbonyl (C=O) groups is 4. The number of amides is 1. The molecule has 6 unspecified atom stereocenters. The minimum atomic E-state index is -0.379. The molecule has 0 bridgehead atoms. The summed E-state index contributed by atoms with van der Waals surface area (Å²) in [6, 6.07) is 12.1. The molecule has 2 saturated heterocycles. The van der Waals surface area contributed by atoms with Gasteiger partial charge in [0.25, 0.3) is 0 Å². The van der Waals surface area contributed by atoms with Crippen LogP contribution < -0.4 is 10.5 Å². The summed E-state index contributed by atoms with van der Waals surface area (Å²) in [7, 11) is 1.65. The Morgan fingerprint density at radius 1 is 0.655 bits per heavy atom. The molecule has 6 aliphatic carbocycles. The molecule has 8 aliphatic rings. The van der Waals surface area contributed by atoms with Gasteiger partial charge in [0.2, 0.25) is 5.91 Å². The molecular weight excluding hydrogens is 727 g/mol. The zero-order chi connectivity index (χ0) is 41.2. The van der Waals surface area contributed by atoms with Gasteiger partial charge in [-0.1, -0.05) is 26.0 Å². The molecule has 2 N–H and O–H groups in total. The van der Waals surface area contributed by atoms with Gasteiger partial charge in [0.15, 0.2) is 5.78 Å². The van der Waals surface area contributed by atoms with Gasteiger partial charge in [0, 0.05) is 28.4 Å². The molecule has 2 aromatic rings. The standard InChI is InChI=1S/C25H33NO3.C25H32O4/c1-23(2)12-13-25(29-22(23)28)11-9-20-19-7-4-15-14-16(21(26)27)5-6-17(15)18(19)8-10-24(20,25)3;1-23(2)11-12-25(29-22(23)27)10-8-20-18-14-21(26)19-13-15(28-4)5-6-16(19)17(18)7-9-24(20,25)3/h5-6,14,18-20H,4,7-13H2,1-3H3,(H2,26,27);5-6,13,17-18,20H,7-12,14H2,1-4H3/t18?,19?,20?,24-,25+;17?,18?,20?,24-,25+/m00/s1. The number of fused-ring (bicyclic) bond motifs is 12. The normalized spacial score (nSPS) is 40.0. The molecule has 8 heteroatoms. The third-order valence-electron chi connectivity index (χ3n) is 18.4. The molecule has 312 valence electrons. The van der Waals surface area contributed by atoms with Gasteiger partial charge in [-0.15, -0.1) is 0 Å². The van der Waals surface area contributed by atoms with Crippen molar-refractivity contribution < 1.29 is 33.4 Å². The SMILES string of the molecule is CC1(C)CC[C@@]2(CCC3C4CCc5cc(C(N)=O)ccc5C4CC[C@@]32C)OC1=O.COc1ccc2c(c1)C(=O)CC1C2CC[C@@]2(C)C1CC[C@@]21CCC(C)(C)C(=O)O1. The first kappa shape index (κ1) is 39.8. The van der Waals surface area contributed by atoms with Crippen LogP contribution in [0.3, 0.4) is 0 Å². The summed E-state index contributed by atoms with van der Waals surface area (Å²) in [6.07, 6.45) is 15.2. The minimum absolute atomic E-state index is 0.000666. The summed E-state index contributed by atoms with van der Waals surface area (Å²) in [6.45, 7) is 12.8. The Hall–Kier alpha value is -3.68. The maximum absolute atomic E-state index is 13.1. The fraction of sp³-hybridized carbons (Fsp3) is 0.680. The molecule has 0 radical (unpaired) electrons. The van der Waals surface area contributed by atoms with Crippen molar-refractivity contribution in [2.24, 2.45) is 51.1 Å². The number of hydrogen-bond donors (Lipinski definition) is 1. The number of esters is 2. The van der Waals surface area contributed by atoms with E-state index in [9.17, 15) is 19.2 Å². The predicted octanol–water partition coefficient (Wildman–Crippen LogP) is 10.0. The van der Waals surface area contributed by atoms with Crippen LogP contribution in [0.5, 0.6) is 5.75 Å². The molecular formula is C50H65NO7. The Kier molecular flexibility index (Phi) is 9.19. The first-order valence-electron chi connectivity index (χ1n) is 22.5. The van der Waals surface area contributed by atoms with Crippen molar-refractivity contribution in [1.29, 1.82) is 0 Å². The lowest BCUT2D eigenvalue weighted by Gasteiger charge is -2.56. The highest BCUT2D eigenvalue weighted by Crippen LogP contribution is 2.69. The highest BCUT2D eigenvalue weighted by atomic mass is 16.6. The predicted molar refractivity (Wildman–Crippen MR) is 221 cm³/mol. The van der Waals surface area contributed by atoms with E-state index in [0.29, 0.717) is 47.5 Å². The summed E-state index contributed by atoms with van der Waals surface area (Å²) in [5, 5.41) is 0. The van der Waals surface area contributed by atoms with Gasteiger partial charge in [0.1, 0.15) is 17.0 Å². The van der Waals surface area contributed by atoms with E-state index in [-0.39, 0.29) is 56.5 Å². The average Bonchev–Trinajstić information content (AvgIpc) is 3.65. The second-order valence-corrected chi connectivity index (χ2v) is 21.7. The highest BCUT2D eigenvalue weighted by molar-refractivity contribution is 5.99. The van der Waals surface area contributed by atoms with Gasteiger partial charge in [-0.3, -0.25) is 19.2 Å². The fourth-order valence-electron chi connectivity index (χ4n) is 14.6. The van der Waals surface area contributed by atoms with Crippen molar-refractivity contribution in [3.05, 3.63) is 64.2 Å². The number of ether oxygens (including phenoxy) is 3. The number of nitrogens with two attached hydrogens (primary N) is 1. The molecule has 1 amide bonds. The smallest absolute Gasteiger partial charge is 0.312 e. The van der Waals surface area contributed by atoms with Gasteiger partial charge in [-0.2, -0.15) is 0 Å². The topological polar surface area (TPSA) is 122 Å². The number of ketones is 1. The van der Waals surface area contributed by atoms with Crippen molar-refractivity contribution in [1.82, 2.24) is 0 Å². The zero-order valence-corrected chi connectivity index (χ0v) is 36.0. The molecule has 6 fully saturated rings. The minimum Gasteiger partial charge on any atom is -0.497 e. The first-order valence-corrected chi connectivity index (χ1v) is 22.5. The summed E-state index contributed by atoms with van der Waals surface area (Å²) >= 11 is 0. The Morgan fingerprint density at radius 2 is 1.21 bits per heavy atom. The highest BCUT2D eigenvalue weighted by Gasteiger charge is 2.67. The maximum Gasteiger partial charge on any atom is 0.312 e. The first-order chi connectivity index (χ1) is 27.4. The van der Waals surface area contributed by atoms with Crippen molar-refractivity contribution in [2.75, 3.05) is 7.11 Å². The summed E-state index contributed by atoms with van der Waals surface area (Å²) in [4.78, 5) is 50.2. The van der Waals surface area contributed by atoms with E-state index >= 15 is 0 Å². The van der Waals surface area contributed by atoms with Crippen molar-refractivity contribution >= 4 is 23.6 Å². The van der Waals surface area contributed by atoms with Crippen LogP contribution in [0.25, 0.3) is 0 Å². The lowest BCUT2D eigenvalue weighted by molar-refractivity contribution is -0.206. The quantitative estimate of drug-likeness (QED) is 0.301. The molecule has 2 aromatic carbocycles. The van der Waals surface area contributed by atoms with Crippen LogP contribution in [0.2, 0.25) is 0 Å². The molecule has 8 nitrogen and oxygen atoms in total. The van der Waals surface area contributed by atoms with E-state index in [2.05, 4.69) is 26.0 Å². The molecule has 4 saturated carbocycles. The van der Waals surface area contributed by atoms with E-state index in [1.165, 1.54) is 23.1 Å². The number of methoxy groups -OCH3 is 1. The molecule has 2 heterocycles. The fourth-order valence-corrected chi connectivity index (χ4v) is 14.6. The van der Waals surface area contributed by atoms with Crippen LogP contribution in [0, 0.1) is 45.3 Å². The van der Waals surface area contributed by atoms with Crippen LogP contribution in [-0.4, -0.2) is 41.9 Å². The Balaban J connectivity index is 0.000000150. The van der Waals surface area contributed by atoms with Crippen molar-refractivity contribution in [2.45, 2.75) is 161 Å². The Bertz CT molecular complexity index is 2070. The maximum atomic E-state index is 13.1. The Labute approximate surface area is 345 Å². The van der Waals surface area contributed by atoms with Crippen molar-refractivity contribution in [3.63, 3.8) is 0 Å². The number of hydrogen-bond acceptors (Lipinski definition) is 7. The van der Waals surface area contributed by atoms with Crippen molar-refractivity contribution in [3.8, 4) is 5.75 Å². The molecule has 58 heavy (non-hydrogen) atoms. The Morgan fingerprint density at radius 3 is 1.76 bits per heavy atom. The summed E-state index contributed by atoms with van der Waals surface area (Å²) < 4.78 is 18.0. The van der Waals surface area contributed by atoms with Gasteiger partial charge in [-0.05, 0) is 194 Å². The molecule has 10 atom stereocenters. The van der Waals surface area contributed by atoms with Crippen LogP contribution in [0.15, 0.2) is 36.4 Å². The second kappa shape index (κ2) is 13.4. The molecule has 2 aliphatic heterocycles. The van der Waals surface area contributed by atoms with Crippen LogP contribution in [0.1, 0.15) is 181 Å². The average molecular weight is 792 g/mol. The van der Waals surface area contributed by atoms with Crippen LogP contribution in [0.4, 0.5) is 0 Å². The summed E-state index contributed by atoms with van der Waals surface area (Å²) in [5.74, 6) is 3.66. The lowest BCUT2D eigenvalue weighted by atomic mass is 9.52. The van der Waals surface area contributed by atoms with E-state index in [1.807, 2.05) is 52.0 Å². The van der Waals surface area contributed by atoms with E-state index in [1.54, 1.807) is 7.11 Å². The van der Waals surface area contributed by atoms with Gasteiger partial charge in [0.05, 0.1) is 17.9 Å². The summed E-state index contributed by atoms with van der Waals surface area (Å²) in [5.41, 5.74) is 9.66. The third kappa shape index (κ3) is 5.71. The third-order valence-corrected chi connectivity index (χ3v) is 18.4. The van der Waals surface area contributed by atoms with Gasteiger partial charge >= 0.3 is 11.9 Å². The van der Waals surface area contributed by atoms with E-state index in [4.69, 9.17) is 19.9 Å². The largest absolute Gasteiger partial charge is 0.497 e. The molecule has 10 rings (SSSR count). The molecule has 0 aromatic heterocycles. The molecule has 2 spiro atoms. The monoisotopic (exact) mass is 791 g/mol. The van der Waals surface area contributed by atoms with Gasteiger partial charge in [-0.25, -0.2) is 0 Å². The van der Waals surface area contributed by atoms with Crippen LogP contribution in [-0.2, 0) is 25.5 Å². The van der Waals surface area contributed by atoms with Gasteiger partial charge < -0.3 is 19.9 Å². The van der Waals surface area contributed by atoms with E-state index in [0.717, 1.165) is 94.8 Å². The van der Waals surface area contributed by atoms with E-state index < -0.39 is 0 Å². The van der Waals surface area contributed by atoms with Crippen LogP contribution >= 0.6 is 0 Å². The second-order valence-electron chi connectivity index (χ2n) is 21.7. The number of carbonyl (C=O) groups excluding carboxylic acids is 4. The number of primary amides is 1. The number of rotatable bonds is 2. The number of aryl methyl sites for hydroxylation is 1. The number of Topliss-reactive ketones (excluding diaryl/α,β-unsaturated/α-hetero) is 1. The zero-order valence-electron chi connectivity index (χ0n) is 36.0. The lowest BCUT2D eigenvalue weighted by Crippen LogP contribution is -2.57.